The van der Waals surface area contributed by atoms with Gasteiger partial charge in [-0.1, -0.05) is 19.9 Å². The van der Waals surface area contributed by atoms with Crippen molar-refractivity contribution < 1.29 is 9.90 Å². The van der Waals surface area contributed by atoms with E-state index in [1.54, 1.807) is 0 Å². The summed E-state index contributed by atoms with van der Waals surface area (Å²) < 4.78 is 0. The van der Waals surface area contributed by atoms with Crippen LogP contribution in [0.3, 0.4) is 0 Å². The first-order valence-electron chi connectivity index (χ1n) is 4.93. The van der Waals surface area contributed by atoms with Crippen LogP contribution in [-0.4, -0.2) is 16.1 Å². The molecule has 2 heterocycles. The van der Waals surface area contributed by atoms with E-state index in [4.69, 9.17) is 5.11 Å². The highest BCUT2D eigenvalue weighted by atomic mass is 32.1. The van der Waals surface area contributed by atoms with Gasteiger partial charge in [0, 0.05) is 0 Å². The minimum absolute atomic E-state index is 0.324. The Bertz CT molecular complexity index is 460. The number of carboxylic acids is 1. The van der Waals surface area contributed by atoms with Gasteiger partial charge < -0.3 is 5.11 Å². The van der Waals surface area contributed by atoms with Crippen LogP contribution in [0, 0.1) is 6.92 Å². The summed E-state index contributed by atoms with van der Waals surface area (Å²) >= 11 is 2.72. The van der Waals surface area contributed by atoms with Crippen LogP contribution in [0.5, 0.6) is 0 Å². The van der Waals surface area contributed by atoms with Crippen LogP contribution in [0.4, 0.5) is 0 Å². The number of hydrogen-bond donors (Lipinski definition) is 1. The Balaban J connectivity index is 0.000000606. The van der Waals surface area contributed by atoms with Crippen LogP contribution in [-0.2, 0) is 0 Å². The fourth-order valence-corrected chi connectivity index (χ4v) is 2.71. The number of aromatic nitrogens is 1. The topological polar surface area (TPSA) is 50.2 Å². The molecule has 86 valence electrons. The quantitative estimate of drug-likeness (QED) is 0.885. The number of thiazole rings is 1. The SMILES string of the molecule is CC.Cc1nc(-c2cccs2)c(C(=O)O)s1. The summed E-state index contributed by atoms with van der Waals surface area (Å²) in [5.74, 6) is -0.904. The van der Waals surface area contributed by atoms with Crippen LogP contribution in [0.15, 0.2) is 17.5 Å². The molecule has 0 aliphatic carbocycles. The van der Waals surface area contributed by atoms with E-state index in [0.29, 0.717) is 10.6 Å². The van der Waals surface area contributed by atoms with Crippen molar-refractivity contribution in [3.63, 3.8) is 0 Å². The standard InChI is InChI=1S/C9H7NO2S2.C2H6/c1-5-10-7(6-3-2-4-13-6)8(14-5)9(11)12;1-2/h2-4H,1H3,(H,11,12);1-2H3. The lowest BCUT2D eigenvalue weighted by atomic mass is 10.3. The molecular weight excluding hydrogens is 242 g/mol. The zero-order valence-corrected chi connectivity index (χ0v) is 11.0. The maximum absolute atomic E-state index is 10.9. The van der Waals surface area contributed by atoms with Crippen molar-refractivity contribution in [3.05, 3.63) is 27.4 Å². The highest BCUT2D eigenvalue weighted by Gasteiger charge is 2.17. The van der Waals surface area contributed by atoms with Gasteiger partial charge in [0.15, 0.2) is 0 Å². The third-order valence-corrected chi connectivity index (χ3v) is 3.52. The smallest absolute Gasteiger partial charge is 0.348 e. The van der Waals surface area contributed by atoms with Crippen molar-refractivity contribution >= 4 is 28.6 Å². The van der Waals surface area contributed by atoms with Crippen molar-refractivity contribution in [2.45, 2.75) is 20.8 Å². The van der Waals surface area contributed by atoms with Gasteiger partial charge in [-0.05, 0) is 18.4 Å². The van der Waals surface area contributed by atoms with E-state index in [1.165, 1.54) is 22.7 Å². The molecule has 0 aliphatic heterocycles. The monoisotopic (exact) mass is 255 g/mol. The lowest BCUT2D eigenvalue weighted by Gasteiger charge is -1.92. The molecule has 0 saturated carbocycles. The predicted octanol–water partition coefficient (Wildman–Crippen LogP) is 3.90. The van der Waals surface area contributed by atoms with E-state index >= 15 is 0 Å². The van der Waals surface area contributed by atoms with E-state index in [2.05, 4.69) is 4.98 Å². The van der Waals surface area contributed by atoms with E-state index in [-0.39, 0.29) is 0 Å². The Morgan fingerprint density at radius 1 is 1.44 bits per heavy atom. The average Bonchev–Trinajstić information content (AvgIpc) is 2.88. The molecule has 0 fully saturated rings. The molecule has 0 aromatic carbocycles. The van der Waals surface area contributed by atoms with Crippen LogP contribution in [0.1, 0.15) is 28.5 Å². The van der Waals surface area contributed by atoms with Gasteiger partial charge in [-0.2, -0.15) is 0 Å². The fraction of sp³-hybridized carbons (Fsp3) is 0.273. The lowest BCUT2D eigenvalue weighted by molar-refractivity contribution is 0.0703. The molecule has 0 atom stereocenters. The van der Waals surface area contributed by atoms with Crippen molar-refractivity contribution in [1.82, 2.24) is 4.98 Å². The van der Waals surface area contributed by atoms with Gasteiger partial charge in [-0.25, -0.2) is 9.78 Å². The summed E-state index contributed by atoms with van der Waals surface area (Å²) in [5.41, 5.74) is 0.593. The number of hydrogen-bond acceptors (Lipinski definition) is 4. The second kappa shape index (κ2) is 5.77. The third-order valence-electron chi connectivity index (χ3n) is 1.68. The molecule has 1 N–H and O–H groups in total. The molecule has 0 bridgehead atoms. The zero-order valence-electron chi connectivity index (χ0n) is 9.35. The number of thiophene rings is 1. The van der Waals surface area contributed by atoms with Gasteiger partial charge in [0.05, 0.1) is 9.88 Å². The molecule has 0 amide bonds. The number of nitrogens with zero attached hydrogens (tertiary/aromatic N) is 1. The Morgan fingerprint density at radius 2 is 2.12 bits per heavy atom. The number of rotatable bonds is 2. The number of carbonyl (C=O) groups is 1. The summed E-state index contributed by atoms with van der Waals surface area (Å²) in [6.45, 7) is 5.81. The summed E-state index contributed by atoms with van der Waals surface area (Å²) in [6, 6.07) is 3.77. The van der Waals surface area contributed by atoms with E-state index in [1.807, 2.05) is 38.3 Å². The molecule has 0 radical (unpaired) electrons. The van der Waals surface area contributed by atoms with Gasteiger partial charge in [0.1, 0.15) is 10.6 Å². The van der Waals surface area contributed by atoms with E-state index in [9.17, 15) is 4.79 Å². The van der Waals surface area contributed by atoms with Gasteiger partial charge in [-0.3, -0.25) is 0 Å². The second-order valence-electron chi connectivity index (χ2n) is 2.69. The number of carboxylic acid groups (broad SMARTS) is 1. The van der Waals surface area contributed by atoms with Gasteiger partial charge in [0.2, 0.25) is 0 Å². The molecule has 0 spiro atoms. The van der Waals surface area contributed by atoms with Crippen LogP contribution >= 0.6 is 22.7 Å². The molecule has 3 nitrogen and oxygen atoms in total. The summed E-state index contributed by atoms with van der Waals surface area (Å²) in [5, 5.41) is 11.6. The molecule has 0 aliphatic rings. The fourth-order valence-electron chi connectivity index (χ4n) is 1.15. The Kier molecular flexibility index (Phi) is 4.64. The average molecular weight is 255 g/mol. The molecule has 0 saturated heterocycles. The highest BCUT2D eigenvalue weighted by Crippen LogP contribution is 2.30. The number of aromatic carboxylic acids is 1. The maximum Gasteiger partial charge on any atom is 0.348 e. The summed E-state index contributed by atoms with van der Waals surface area (Å²) in [4.78, 5) is 16.4. The lowest BCUT2D eigenvalue weighted by Crippen LogP contribution is -1.94. The predicted molar refractivity (Wildman–Crippen MR) is 68.5 cm³/mol. The maximum atomic E-state index is 10.9. The molecule has 2 aromatic heterocycles. The summed E-state index contributed by atoms with van der Waals surface area (Å²) in [6.07, 6.45) is 0. The van der Waals surface area contributed by atoms with Gasteiger partial charge in [-0.15, -0.1) is 22.7 Å². The number of aryl methyl sites for hydroxylation is 1. The highest BCUT2D eigenvalue weighted by molar-refractivity contribution is 7.16. The normalized spacial score (nSPS) is 9.44. The zero-order chi connectivity index (χ0) is 12.1. The van der Waals surface area contributed by atoms with Gasteiger partial charge in [0.25, 0.3) is 0 Å². The molecular formula is C11H13NO2S2. The first-order valence-corrected chi connectivity index (χ1v) is 6.62. The summed E-state index contributed by atoms with van der Waals surface area (Å²) in [7, 11) is 0. The van der Waals surface area contributed by atoms with Gasteiger partial charge >= 0.3 is 5.97 Å². The van der Waals surface area contributed by atoms with Crippen molar-refractivity contribution in [3.8, 4) is 10.6 Å². The first-order chi connectivity index (χ1) is 7.68. The van der Waals surface area contributed by atoms with Crippen LogP contribution in [0.25, 0.3) is 10.6 Å². The van der Waals surface area contributed by atoms with Crippen molar-refractivity contribution in [2.75, 3.05) is 0 Å². The van der Waals surface area contributed by atoms with E-state index < -0.39 is 5.97 Å². The second-order valence-corrected chi connectivity index (χ2v) is 4.84. The Labute approximate surface area is 102 Å². The molecule has 2 aromatic rings. The molecule has 0 unspecified atom stereocenters. The third kappa shape index (κ3) is 2.68. The van der Waals surface area contributed by atoms with Crippen molar-refractivity contribution in [2.24, 2.45) is 0 Å². The minimum atomic E-state index is -0.904. The Morgan fingerprint density at radius 3 is 2.62 bits per heavy atom. The first kappa shape index (κ1) is 12.9. The molecule has 5 heteroatoms. The minimum Gasteiger partial charge on any atom is -0.477 e. The molecule has 2 rings (SSSR count). The van der Waals surface area contributed by atoms with Crippen molar-refractivity contribution in [1.29, 1.82) is 0 Å². The molecule has 16 heavy (non-hydrogen) atoms. The van der Waals surface area contributed by atoms with Crippen LogP contribution in [0.2, 0.25) is 0 Å². The van der Waals surface area contributed by atoms with Crippen LogP contribution < -0.4 is 0 Å². The van der Waals surface area contributed by atoms with E-state index in [0.717, 1.165) is 9.88 Å². The Hall–Kier alpha value is -1.20. The largest absolute Gasteiger partial charge is 0.477 e.